The van der Waals surface area contributed by atoms with Gasteiger partial charge in [-0.3, -0.25) is 4.79 Å². The van der Waals surface area contributed by atoms with E-state index in [4.69, 9.17) is 0 Å². The Bertz CT molecular complexity index is 256. The van der Waals surface area contributed by atoms with E-state index in [1.54, 1.807) is 11.3 Å². The van der Waals surface area contributed by atoms with Crippen molar-refractivity contribution in [1.29, 1.82) is 0 Å². The molecule has 1 amide bonds. The zero-order valence-electron chi connectivity index (χ0n) is 8.04. The van der Waals surface area contributed by atoms with E-state index >= 15 is 0 Å². The molecule has 0 saturated carbocycles. The van der Waals surface area contributed by atoms with Gasteiger partial charge in [-0.05, 0) is 17.9 Å². The topological polar surface area (TPSA) is 29.1 Å². The maximum atomic E-state index is 11.4. The molecule has 2 nitrogen and oxygen atoms in total. The van der Waals surface area contributed by atoms with Crippen molar-refractivity contribution in [2.24, 2.45) is 5.92 Å². The Morgan fingerprint density at radius 3 is 3.00 bits per heavy atom. The van der Waals surface area contributed by atoms with Crippen molar-refractivity contribution in [2.75, 3.05) is 0 Å². The molecule has 0 fully saturated rings. The van der Waals surface area contributed by atoms with E-state index < -0.39 is 0 Å². The van der Waals surface area contributed by atoms with Crippen molar-refractivity contribution in [3.8, 4) is 0 Å². The SMILES string of the molecule is CC[C@H](C)C(=O)NCc1cccs1. The summed E-state index contributed by atoms with van der Waals surface area (Å²) in [6.07, 6.45) is 0.899. The quantitative estimate of drug-likeness (QED) is 0.789. The summed E-state index contributed by atoms with van der Waals surface area (Å²) in [5.41, 5.74) is 0. The molecule has 0 radical (unpaired) electrons. The van der Waals surface area contributed by atoms with E-state index in [0.29, 0.717) is 6.54 Å². The van der Waals surface area contributed by atoms with Crippen LogP contribution in [0.25, 0.3) is 0 Å². The van der Waals surface area contributed by atoms with Gasteiger partial charge in [0.25, 0.3) is 0 Å². The van der Waals surface area contributed by atoms with E-state index in [0.717, 1.165) is 6.42 Å². The Labute approximate surface area is 83.0 Å². The molecule has 1 rings (SSSR count). The van der Waals surface area contributed by atoms with Gasteiger partial charge in [0.05, 0.1) is 6.54 Å². The first kappa shape index (κ1) is 10.3. The van der Waals surface area contributed by atoms with Crippen LogP contribution in [0.1, 0.15) is 25.1 Å². The molecule has 0 aromatic carbocycles. The lowest BCUT2D eigenvalue weighted by Gasteiger charge is -2.08. The molecule has 1 aromatic heterocycles. The summed E-state index contributed by atoms with van der Waals surface area (Å²) in [6.45, 7) is 4.64. The highest BCUT2D eigenvalue weighted by atomic mass is 32.1. The Balaban J connectivity index is 2.31. The second-order valence-electron chi connectivity index (χ2n) is 3.11. The van der Waals surface area contributed by atoms with Gasteiger partial charge < -0.3 is 5.32 Å². The van der Waals surface area contributed by atoms with Gasteiger partial charge in [-0.15, -0.1) is 11.3 Å². The fourth-order valence-electron chi connectivity index (χ4n) is 0.947. The molecule has 0 unspecified atom stereocenters. The summed E-state index contributed by atoms with van der Waals surface area (Å²) in [7, 11) is 0. The largest absolute Gasteiger partial charge is 0.351 e. The maximum absolute atomic E-state index is 11.4. The van der Waals surface area contributed by atoms with E-state index in [-0.39, 0.29) is 11.8 Å². The van der Waals surface area contributed by atoms with E-state index in [1.165, 1.54) is 4.88 Å². The monoisotopic (exact) mass is 197 g/mol. The summed E-state index contributed by atoms with van der Waals surface area (Å²) in [4.78, 5) is 12.6. The molecule has 13 heavy (non-hydrogen) atoms. The highest BCUT2D eigenvalue weighted by molar-refractivity contribution is 7.09. The van der Waals surface area contributed by atoms with Gasteiger partial charge >= 0.3 is 0 Å². The minimum Gasteiger partial charge on any atom is -0.351 e. The standard InChI is InChI=1S/C10H15NOS/c1-3-8(2)10(12)11-7-9-5-4-6-13-9/h4-6,8H,3,7H2,1-2H3,(H,11,12)/t8-/m0/s1. The van der Waals surface area contributed by atoms with Crippen LogP contribution in [0.4, 0.5) is 0 Å². The first-order valence-corrected chi connectivity index (χ1v) is 5.42. The molecule has 0 aliphatic carbocycles. The Hall–Kier alpha value is -0.830. The lowest BCUT2D eigenvalue weighted by molar-refractivity contribution is -0.124. The molecule has 1 aromatic rings. The van der Waals surface area contributed by atoms with Gasteiger partial charge in [-0.1, -0.05) is 19.9 Å². The first-order chi connectivity index (χ1) is 6.24. The highest BCUT2D eigenvalue weighted by Gasteiger charge is 2.09. The van der Waals surface area contributed by atoms with Crippen LogP contribution >= 0.6 is 11.3 Å². The fraction of sp³-hybridized carbons (Fsp3) is 0.500. The van der Waals surface area contributed by atoms with Crippen LogP contribution in [0.3, 0.4) is 0 Å². The smallest absolute Gasteiger partial charge is 0.223 e. The Morgan fingerprint density at radius 1 is 1.69 bits per heavy atom. The van der Waals surface area contributed by atoms with E-state index in [9.17, 15) is 4.79 Å². The predicted octanol–water partition coefficient (Wildman–Crippen LogP) is 2.41. The summed E-state index contributed by atoms with van der Waals surface area (Å²) in [6, 6.07) is 4.02. The minimum absolute atomic E-state index is 0.125. The summed E-state index contributed by atoms with van der Waals surface area (Å²) in [5.74, 6) is 0.274. The number of nitrogens with one attached hydrogen (secondary N) is 1. The first-order valence-electron chi connectivity index (χ1n) is 4.54. The Kier molecular flexibility index (Phi) is 3.96. The molecule has 3 heteroatoms. The van der Waals surface area contributed by atoms with Crippen molar-refractivity contribution in [3.05, 3.63) is 22.4 Å². The van der Waals surface area contributed by atoms with Crippen LogP contribution in [0.15, 0.2) is 17.5 Å². The second-order valence-corrected chi connectivity index (χ2v) is 4.14. The van der Waals surface area contributed by atoms with Crippen LogP contribution in [0, 0.1) is 5.92 Å². The van der Waals surface area contributed by atoms with Crippen molar-refractivity contribution in [1.82, 2.24) is 5.32 Å². The van der Waals surface area contributed by atoms with Crippen LogP contribution < -0.4 is 5.32 Å². The number of carbonyl (C=O) groups excluding carboxylic acids is 1. The zero-order valence-corrected chi connectivity index (χ0v) is 8.86. The minimum atomic E-state index is 0.125. The van der Waals surface area contributed by atoms with Gasteiger partial charge in [0.2, 0.25) is 5.91 Å². The summed E-state index contributed by atoms with van der Waals surface area (Å²) < 4.78 is 0. The van der Waals surface area contributed by atoms with Gasteiger partial charge in [-0.25, -0.2) is 0 Å². The number of amides is 1. The third kappa shape index (κ3) is 3.19. The van der Waals surface area contributed by atoms with Crippen molar-refractivity contribution in [2.45, 2.75) is 26.8 Å². The molecule has 0 aliphatic heterocycles. The number of rotatable bonds is 4. The lowest BCUT2D eigenvalue weighted by atomic mass is 10.1. The molecule has 0 saturated heterocycles. The van der Waals surface area contributed by atoms with Crippen LogP contribution in [0.2, 0.25) is 0 Å². The number of hydrogen-bond acceptors (Lipinski definition) is 2. The molecule has 1 atom stereocenters. The predicted molar refractivity (Wildman–Crippen MR) is 55.6 cm³/mol. The van der Waals surface area contributed by atoms with E-state index in [1.807, 2.05) is 31.4 Å². The molecular weight excluding hydrogens is 182 g/mol. The average Bonchev–Trinajstić information content (AvgIpc) is 2.65. The number of carbonyl (C=O) groups is 1. The second kappa shape index (κ2) is 5.02. The molecule has 72 valence electrons. The molecule has 1 heterocycles. The van der Waals surface area contributed by atoms with Crippen molar-refractivity contribution < 1.29 is 4.79 Å². The molecule has 1 N–H and O–H groups in total. The molecule has 0 bridgehead atoms. The third-order valence-corrected chi connectivity index (χ3v) is 2.95. The lowest BCUT2D eigenvalue weighted by Crippen LogP contribution is -2.27. The van der Waals surface area contributed by atoms with Gasteiger partial charge in [0.15, 0.2) is 0 Å². The Morgan fingerprint density at radius 2 is 2.46 bits per heavy atom. The van der Waals surface area contributed by atoms with Gasteiger partial charge in [0, 0.05) is 10.8 Å². The average molecular weight is 197 g/mol. The van der Waals surface area contributed by atoms with Crippen molar-refractivity contribution >= 4 is 17.2 Å². The molecule has 0 spiro atoms. The maximum Gasteiger partial charge on any atom is 0.223 e. The van der Waals surface area contributed by atoms with E-state index in [2.05, 4.69) is 5.32 Å². The normalized spacial score (nSPS) is 12.5. The number of hydrogen-bond donors (Lipinski definition) is 1. The van der Waals surface area contributed by atoms with Crippen LogP contribution in [-0.2, 0) is 11.3 Å². The van der Waals surface area contributed by atoms with Gasteiger partial charge in [-0.2, -0.15) is 0 Å². The van der Waals surface area contributed by atoms with Gasteiger partial charge in [0.1, 0.15) is 0 Å². The van der Waals surface area contributed by atoms with Crippen molar-refractivity contribution in [3.63, 3.8) is 0 Å². The highest BCUT2D eigenvalue weighted by Crippen LogP contribution is 2.08. The summed E-state index contributed by atoms with van der Waals surface area (Å²) >= 11 is 1.67. The zero-order chi connectivity index (χ0) is 9.68. The number of thiophene rings is 1. The van der Waals surface area contributed by atoms with Crippen LogP contribution in [-0.4, -0.2) is 5.91 Å². The molecular formula is C10H15NOS. The molecule has 0 aliphatic rings. The third-order valence-electron chi connectivity index (χ3n) is 2.08. The fourth-order valence-corrected chi connectivity index (χ4v) is 1.59. The summed E-state index contributed by atoms with van der Waals surface area (Å²) in [5, 5.41) is 4.93. The van der Waals surface area contributed by atoms with Crippen LogP contribution in [0.5, 0.6) is 0 Å².